The molecule has 0 bridgehead atoms. The van der Waals surface area contributed by atoms with Crippen LogP contribution in [-0.2, 0) is 9.53 Å². The predicted octanol–water partition coefficient (Wildman–Crippen LogP) is 5.30. The fourth-order valence-corrected chi connectivity index (χ4v) is 3.39. The van der Waals surface area contributed by atoms with Crippen LogP contribution in [-0.4, -0.2) is 29.3 Å². The van der Waals surface area contributed by atoms with Gasteiger partial charge in [-0.15, -0.1) is 0 Å². The lowest BCUT2D eigenvalue weighted by atomic mass is 10.1. The highest BCUT2D eigenvalue weighted by Gasteiger charge is 2.16. The van der Waals surface area contributed by atoms with Crippen LogP contribution in [0.3, 0.4) is 0 Å². The van der Waals surface area contributed by atoms with Crippen molar-refractivity contribution in [1.82, 2.24) is 5.32 Å². The molecule has 0 aliphatic heterocycles. The second-order valence-corrected chi connectivity index (χ2v) is 9.04. The molecule has 3 aromatic rings. The number of carbonyl (C=O) groups excluding carboxylic acids is 2. The molecule has 3 rings (SSSR count). The molecule has 0 spiro atoms. The summed E-state index contributed by atoms with van der Waals surface area (Å²) in [5.74, 6) is -0.754. The minimum absolute atomic E-state index is 0.00195. The van der Waals surface area contributed by atoms with Crippen LogP contribution in [0.1, 0.15) is 46.5 Å². The Balaban J connectivity index is 1.55. The number of hydrogen-bond donors (Lipinski definition) is 2. The van der Waals surface area contributed by atoms with Crippen molar-refractivity contribution in [2.45, 2.75) is 52.1 Å². The van der Waals surface area contributed by atoms with Crippen LogP contribution in [0.2, 0.25) is 5.02 Å². The Morgan fingerprint density at radius 1 is 1.09 bits per heavy atom. The fraction of sp³-hybridized carbons (Fsp3) is 0.375. The van der Waals surface area contributed by atoms with Crippen molar-refractivity contribution in [3.63, 3.8) is 0 Å². The number of phenolic OH excluding ortho intramolecular Hbond substituents is 1. The van der Waals surface area contributed by atoms with E-state index in [1.54, 1.807) is 26.8 Å². The summed E-state index contributed by atoms with van der Waals surface area (Å²) in [5, 5.41) is 13.7. The number of ether oxygens (including phenoxy) is 2. The number of nitrogens with one attached hydrogen (secondary N) is 1. The van der Waals surface area contributed by atoms with Crippen LogP contribution in [0.5, 0.6) is 11.5 Å². The van der Waals surface area contributed by atoms with Crippen molar-refractivity contribution >= 4 is 45.6 Å². The third-order valence-electron chi connectivity index (χ3n) is 4.65. The SMILES string of the molecule is CC(C)(C)OC(=O)NCCCCCC(=O)Oc1cc(O)c2c(=O)c3ccc(Cl)cc3oc2c1. The summed E-state index contributed by atoms with van der Waals surface area (Å²) in [6.45, 7) is 5.82. The highest BCUT2D eigenvalue weighted by molar-refractivity contribution is 6.31. The van der Waals surface area contributed by atoms with E-state index < -0.39 is 23.1 Å². The number of fused-ring (bicyclic) bond motifs is 2. The normalized spacial score (nSPS) is 11.5. The molecule has 0 fully saturated rings. The maximum atomic E-state index is 12.7. The molecular formula is C24H26ClNO7. The van der Waals surface area contributed by atoms with E-state index >= 15 is 0 Å². The highest BCUT2D eigenvalue weighted by Crippen LogP contribution is 2.31. The molecule has 33 heavy (non-hydrogen) atoms. The summed E-state index contributed by atoms with van der Waals surface area (Å²) in [6.07, 6.45) is 1.63. The maximum Gasteiger partial charge on any atom is 0.407 e. The van der Waals surface area contributed by atoms with E-state index in [4.69, 9.17) is 25.5 Å². The number of alkyl carbamates (subject to hydrolysis) is 1. The van der Waals surface area contributed by atoms with Gasteiger partial charge in [0.25, 0.3) is 0 Å². The Morgan fingerprint density at radius 3 is 2.58 bits per heavy atom. The maximum absolute atomic E-state index is 12.7. The van der Waals surface area contributed by atoms with Gasteiger partial charge in [-0.25, -0.2) is 4.79 Å². The predicted molar refractivity (Wildman–Crippen MR) is 125 cm³/mol. The van der Waals surface area contributed by atoms with Gasteiger partial charge in [-0.1, -0.05) is 18.0 Å². The van der Waals surface area contributed by atoms with Crippen molar-refractivity contribution < 1.29 is 28.6 Å². The zero-order valence-electron chi connectivity index (χ0n) is 18.7. The second-order valence-electron chi connectivity index (χ2n) is 8.60. The third-order valence-corrected chi connectivity index (χ3v) is 4.88. The molecule has 0 atom stereocenters. The summed E-state index contributed by atoms with van der Waals surface area (Å²) in [5.41, 5.74) is -0.597. The van der Waals surface area contributed by atoms with Crippen LogP contribution in [0.15, 0.2) is 39.5 Å². The number of rotatable bonds is 7. The quantitative estimate of drug-likeness (QED) is 0.206. The van der Waals surface area contributed by atoms with Crippen LogP contribution >= 0.6 is 11.6 Å². The Hall–Kier alpha value is -3.26. The van der Waals surface area contributed by atoms with Gasteiger partial charge >= 0.3 is 12.1 Å². The van der Waals surface area contributed by atoms with E-state index in [1.165, 1.54) is 24.3 Å². The first kappa shape index (κ1) is 24.4. The molecule has 176 valence electrons. The third kappa shape index (κ3) is 6.61. The Kier molecular flexibility index (Phi) is 7.48. The molecule has 0 unspecified atom stereocenters. The summed E-state index contributed by atoms with van der Waals surface area (Å²) < 4.78 is 16.2. The number of hydrogen-bond acceptors (Lipinski definition) is 7. The Morgan fingerprint density at radius 2 is 1.85 bits per heavy atom. The van der Waals surface area contributed by atoms with Crippen molar-refractivity contribution in [2.24, 2.45) is 0 Å². The number of phenols is 1. The van der Waals surface area contributed by atoms with Crippen LogP contribution in [0.25, 0.3) is 21.9 Å². The van der Waals surface area contributed by atoms with Gasteiger partial charge in [-0.05, 0) is 45.7 Å². The summed E-state index contributed by atoms with van der Waals surface area (Å²) >= 11 is 5.97. The molecule has 1 aromatic heterocycles. The molecule has 2 aromatic carbocycles. The van der Waals surface area contributed by atoms with Crippen LogP contribution < -0.4 is 15.5 Å². The molecule has 0 aliphatic carbocycles. The van der Waals surface area contributed by atoms with Gasteiger partial charge in [0, 0.05) is 36.2 Å². The number of halogens is 1. The second kappa shape index (κ2) is 10.1. The lowest BCUT2D eigenvalue weighted by Crippen LogP contribution is -2.33. The van der Waals surface area contributed by atoms with Crippen molar-refractivity contribution in [2.75, 3.05) is 6.54 Å². The van der Waals surface area contributed by atoms with E-state index in [-0.39, 0.29) is 39.9 Å². The largest absolute Gasteiger partial charge is 0.507 e. The summed E-state index contributed by atoms with van der Waals surface area (Å²) in [6, 6.07) is 7.20. The molecule has 1 heterocycles. The first-order chi connectivity index (χ1) is 15.5. The summed E-state index contributed by atoms with van der Waals surface area (Å²) in [7, 11) is 0. The summed E-state index contributed by atoms with van der Waals surface area (Å²) in [4.78, 5) is 36.4. The molecule has 9 heteroatoms. The fourth-order valence-electron chi connectivity index (χ4n) is 3.22. The molecule has 0 saturated carbocycles. The van der Waals surface area contributed by atoms with E-state index in [0.717, 1.165) is 0 Å². The zero-order valence-corrected chi connectivity index (χ0v) is 19.5. The average Bonchev–Trinajstić information content (AvgIpc) is 2.68. The smallest absolute Gasteiger partial charge is 0.407 e. The van der Waals surface area contributed by atoms with Gasteiger partial charge < -0.3 is 24.3 Å². The van der Waals surface area contributed by atoms with Crippen LogP contribution in [0.4, 0.5) is 4.79 Å². The van der Waals surface area contributed by atoms with Gasteiger partial charge in [0.15, 0.2) is 0 Å². The van der Waals surface area contributed by atoms with E-state index in [2.05, 4.69) is 5.32 Å². The standard InChI is InChI=1S/C24H26ClNO7/c1-24(2,3)33-23(30)26-10-6-4-5-7-20(28)31-15-12-17(27)21-19(13-15)32-18-11-14(25)8-9-16(18)22(21)29/h8-9,11-13,27H,4-7,10H2,1-3H3,(H,26,30). The van der Waals surface area contributed by atoms with Crippen molar-refractivity contribution in [3.8, 4) is 11.5 Å². The molecule has 8 nitrogen and oxygen atoms in total. The Labute approximate surface area is 195 Å². The molecule has 2 N–H and O–H groups in total. The monoisotopic (exact) mass is 475 g/mol. The average molecular weight is 476 g/mol. The van der Waals surface area contributed by atoms with E-state index in [9.17, 15) is 19.5 Å². The number of esters is 1. The first-order valence-electron chi connectivity index (χ1n) is 10.6. The topological polar surface area (TPSA) is 115 Å². The highest BCUT2D eigenvalue weighted by atomic mass is 35.5. The van der Waals surface area contributed by atoms with Crippen LogP contribution in [0, 0.1) is 0 Å². The number of aromatic hydroxyl groups is 1. The van der Waals surface area contributed by atoms with Gasteiger partial charge in [-0.2, -0.15) is 0 Å². The number of unbranched alkanes of at least 4 members (excludes halogenated alkanes) is 2. The molecule has 0 radical (unpaired) electrons. The van der Waals surface area contributed by atoms with Gasteiger partial charge in [0.05, 0.1) is 5.39 Å². The van der Waals surface area contributed by atoms with E-state index in [0.29, 0.717) is 30.8 Å². The lowest BCUT2D eigenvalue weighted by Gasteiger charge is -2.19. The number of benzene rings is 2. The number of carbonyl (C=O) groups is 2. The van der Waals surface area contributed by atoms with Gasteiger partial charge in [-0.3, -0.25) is 9.59 Å². The number of amides is 1. The molecule has 0 saturated heterocycles. The van der Waals surface area contributed by atoms with E-state index in [1.807, 2.05) is 0 Å². The van der Waals surface area contributed by atoms with Crippen molar-refractivity contribution in [3.05, 3.63) is 45.6 Å². The molecule has 0 aliphatic rings. The lowest BCUT2D eigenvalue weighted by molar-refractivity contribution is -0.134. The molecule has 1 amide bonds. The minimum Gasteiger partial charge on any atom is -0.507 e. The van der Waals surface area contributed by atoms with Crippen molar-refractivity contribution in [1.29, 1.82) is 0 Å². The van der Waals surface area contributed by atoms with Gasteiger partial charge in [0.1, 0.15) is 33.7 Å². The Bertz CT molecular complexity index is 1240. The first-order valence-corrected chi connectivity index (χ1v) is 11.0. The zero-order chi connectivity index (χ0) is 24.2. The minimum atomic E-state index is -0.548. The van der Waals surface area contributed by atoms with Gasteiger partial charge in [0.2, 0.25) is 5.43 Å². The molecular weight excluding hydrogens is 450 g/mol.